The zero-order valence-electron chi connectivity index (χ0n) is 10.8. The first-order chi connectivity index (χ1) is 8.83. The van der Waals surface area contributed by atoms with E-state index in [-0.39, 0.29) is 18.4 Å². The van der Waals surface area contributed by atoms with E-state index in [0.717, 1.165) is 24.2 Å². The molecule has 0 unspecified atom stereocenters. The molecule has 4 heteroatoms. The van der Waals surface area contributed by atoms with Gasteiger partial charge in [-0.1, -0.05) is 6.07 Å². The number of hydrogen-bond acceptors (Lipinski definition) is 3. The maximum atomic E-state index is 11.3. The summed E-state index contributed by atoms with van der Waals surface area (Å²) in [7, 11) is 0. The van der Waals surface area contributed by atoms with Gasteiger partial charge >= 0.3 is 5.97 Å². The summed E-state index contributed by atoms with van der Waals surface area (Å²) < 4.78 is 5.00. The number of fused-ring (bicyclic) bond motifs is 1. The van der Waals surface area contributed by atoms with Crippen LogP contribution in [0.15, 0.2) is 24.4 Å². The molecule has 1 aromatic carbocycles. The van der Waals surface area contributed by atoms with Gasteiger partial charge in [0.15, 0.2) is 0 Å². The Balaban J connectivity index is 0.00000133. The molecule has 3 nitrogen and oxygen atoms in total. The van der Waals surface area contributed by atoms with Crippen molar-refractivity contribution in [2.45, 2.75) is 25.9 Å². The quantitative estimate of drug-likeness (QED) is 0.779. The standard InChI is InChI=1S/C15H17NO2.ClH/c17-15-14-5-4-12(10-13(14)11-18-15)6-9-16-7-2-1-3-8-16;/h4-6,9-10H,1-3,7-8,11H2;1H/b9-6+;. The monoisotopic (exact) mass is 279 g/mol. The summed E-state index contributed by atoms with van der Waals surface area (Å²) in [4.78, 5) is 13.7. The van der Waals surface area contributed by atoms with Crippen molar-refractivity contribution in [1.29, 1.82) is 0 Å². The smallest absolute Gasteiger partial charge is 0.338 e. The molecule has 0 radical (unpaired) electrons. The molecular formula is C15H18ClNO2. The van der Waals surface area contributed by atoms with E-state index < -0.39 is 0 Å². The molecule has 1 aromatic rings. The van der Waals surface area contributed by atoms with E-state index in [1.807, 2.05) is 18.2 Å². The van der Waals surface area contributed by atoms with Crippen molar-refractivity contribution in [3.8, 4) is 0 Å². The molecule has 1 fully saturated rings. The van der Waals surface area contributed by atoms with E-state index >= 15 is 0 Å². The van der Waals surface area contributed by atoms with Crippen molar-refractivity contribution in [3.63, 3.8) is 0 Å². The van der Waals surface area contributed by atoms with Crippen molar-refractivity contribution in [2.75, 3.05) is 13.1 Å². The highest BCUT2D eigenvalue weighted by atomic mass is 35.5. The minimum Gasteiger partial charge on any atom is -0.457 e. The summed E-state index contributed by atoms with van der Waals surface area (Å²) in [5.74, 6) is -0.198. The molecule has 0 amide bonds. The fourth-order valence-corrected chi connectivity index (χ4v) is 2.52. The fraction of sp³-hybridized carbons (Fsp3) is 0.400. The third-order valence-electron chi connectivity index (χ3n) is 3.58. The normalized spacial score (nSPS) is 18.1. The highest BCUT2D eigenvalue weighted by Crippen LogP contribution is 2.21. The summed E-state index contributed by atoms with van der Waals surface area (Å²) in [6, 6.07) is 5.88. The molecule has 102 valence electrons. The molecule has 0 aliphatic carbocycles. The van der Waals surface area contributed by atoms with Crippen LogP contribution in [0, 0.1) is 0 Å². The second-order valence-electron chi connectivity index (χ2n) is 4.91. The zero-order chi connectivity index (χ0) is 12.4. The third kappa shape index (κ3) is 3.10. The third-order valence-corrected chi connectivity index (χ3v) is 3.58. The first kappa shape index (κ1) is 13.9. The summed E-state index contributed by atoms with van der Waals surface area (Å²) in [5.41, 5.74) is 2.85. The van der Waals surface area contributed by atoms with Crippen molar-refractivity contribution in [3.05, 3.63) is 41.1 Å². The van der Waals surface area contributed by atoms with Crippen LogP contribution in [-0.4, -0.2) is 24.0 Å². The number of halogens is 1. The molecule has 2 aliphatic heterocycles. The Morgan fingerprint density at radius 3 is 2.74 bits per heavy atom. The van der Waals surface area contributed by atoms with Crippen LogP contribution in [-0.2, 0) is 11.3 Å². The summed E-state index contributed by atoms with van der Waals surface area (Å²) in [6.45, 7) is 2.73. The maximum Gasteiger partial charge on any atom is 0.338 e. The predicted octanol–water partition coefficient (Wildman–Crippen LogP) is 3.24. The Morgan fingerprint density at radius 1 is 1.16 bits per heavy atom. The minimum atomic E-state index is -0.198. The molecule has 19 heavy (non-hydrogen) atoms. The highest BCUT2D eigenvalue weighted by Gasteiger charge is 2.20. The number of nitrogens with zero attached hydrogens (tertiary/aromatic N) is 1. The average Bonchev–Trinajstić information content (AvgIpc) is 2.79. The van der Waals surface area contributed by atoms with Crippen LogP contribution in [0.3, 0.4) is 0 Å². The highest BCUT2D eigenvalue weighted by molar-refractivity contribution is 5.93. The largest absolute Gasteiger partial charge is 0.457 e. The molecule has 0 bridgehead atoms. The Kier molecular flexibility index (Phi) is 4.48. The van der Waals surface area contributed by atoms with Gasteiger partial charge in [0.1, 0.15) is 6.61 Å². The van der Waals surface area contributed by atoms with Gasteiger partial charge < -0.3 is 9.64 Å². The van der Waals surface area contributed by atoms with Gasteiger partial charge in [0.05, 0.1) is 5.56 Å². The van der Waals surface area contributed by atoms with Gasteiger partial charge in [-0.2, -0.15) is 0 Å². The van der Waals surface area contributed by atoms with Crippen LogP contribution in [0.5, 0.6) is 0 Å². The number of benzene rings is 1. The zero-order valence-corrected chi connectivity index (χ0v) is 11.6. The Morgan fingerprint density at radius 2 is 1.95 bits per heavy atom. The molecule has 0 atom stereocenters. The molecule has 1 saturated heterocycles. The molecule has 0 spiro atoms. The van der Waals surface area contributed by atoms with E-state index in [0.29, 0.717) is 12.2 Å². The van der Waals surface area contributed by atoms with Gasteiger partial charge in [-0.3, -0.25) is 0 Å². The molecule has 0 aromatic heterocycles. The van der Waals surface area contributed by atoms with Crippen LogP contribution in [0.25, 0.3) is 6.08 Å². The molecular weight excluding hydrogens is 262 g/mol. The number of likely N-dealkylation sites (tertiary alicyclic amines) is 1. The molecule has 2 aliphatic rings. The number of piperidine rings is 1. The molecule has 2 heterocycles. The first-order valence-corrected chi connectivity index (χ1v) is 6.55. The summed E-state index contributed by atoms with van der Waals surface area (Å²) in [5, 5.41) is 0. The molecule has 3 rings (SSSR count). The summed E-state index contributed by atoms with van der Waals surface area (Å²) in [6.07, 6.45) is 8.21. The van der Waals surface area contributed by atoms with Gasteiger partial charge in [0, 0.05) is 18.7 Å². The number of ether oxygens (including phenoxy) is 1. The second-order valence-corrected chi connectivity index (χ2v) is 4.91. The lowest BCUT2D eigenvalue weighted by Gasteiger charge is -2.24. The fourth-order valence-electron chi connectivity index (χ4n) is 2.52. The lowest BCUT2D eigenvalue weighted by atomic mass is 10.1. The maximum absolute atomic E-state index is 11.3. The molecule has 0 N–H and O–H groups in total. The number of hydrogen-bond donors (Lipinski definition) is 0. The van der Waals surface area contributed by atoms with Crippen molar-refractivity contribution in [2.24, 2.45) is 0 Å². The van der Waals surface area contributed by atoms with Crippen molar-refractivity contribution in [1.82, 2.24) is 4.90 Å². The minimum absolute atomic E-state index is 0. The second kappa shape index (κ2) is 6.11. The Bertz CT molecular complexity index is 493. The van der Waals surface area contributed by atoms with Gasteiger partial charge in [-0.05, 0) is 49.2 Å². The van der Waals surface area contributed by atoms with Crippen molar-refractivity contribution >= 4 is 24.5 Å². The van der Waals surface area contributed by atoms with Gasteiger partial charge in [-0.15, -0.1) is 12.4 Å². The van der Waals surface area contributed by atoms with E-state index in [4.69, 9.17) is 4.74 Å². The predicted molar refractivity (Wildman–Crippen MR) is 77.3 cm³/mol. The lowest BCUT2D eigenvalue weighted by molar-refractivity contribution is 0.0535. The number of carbonyl (C=O) groups excluding carboxylic acids is 1. The lowest BCUT2D eigenvalue weighted by Crippen LogP contribution is -2.23. The average molecular weight is 280 g/mol. The first-order valence-electron chi connectivity index (χ1n) is 6.55. The van der Waals surface area contributed by atoms with E-state index in [9.17, 15) is 4.79 Å². The van der Waals surface area contributed by atoms with Crippen LogP contribution in [0.1, 0.15) is 40.7 Å². The number of rotatable bonds is 2. The number of esters is 1. The van der Waals surface area contributed by atoms with Gasteiger partial charge in [0.25, 0.3) is 0 Å². The van der Waals surface area contributed by atoms with Gasteiger partial charge in [-0.25, -0.2) is 4.79 Å². The summed E-state index contributed by atoms with van der Waals surface area (Å²) >= 11 is 0. The molecule has 0 saturated carbocycles. The van der Waals surface area contributed by atoms with E-state index in [2.05, 4.69) is 17.2 Å². The van der Waals surface area contributed by atoms with Crippen LogP contribution in [0.2, 0.25) is 0 Å². The topological polar surface area (TPSA) is 29.5 Å². The van der Waals surface area contributed by atoms with Crippen LogP contribution >= 0.6 is 12.4 Å². The number of cyclic esters (lactones) is 1. The van der Waals surface area contributed by atoms with Gasteiger partial charge in [0.2, 0.25) is 0 Å². The number of carbonyl (C=O) groups is 1. The SMILES string of the molecule is Cl.O=C1OCc2cc(/C=C/N3CCCCC3)ccc21. The Hall–Kier alpha value is -1.48. The van der Waals surface area contributed by atoms with E-state index in [1.165, 1.54) is 19.3 Å². The van der Waals surface area contributed by atoms with E-state index in [1.54, 1.807) is 0 Å². The van der Waals surface area contributed by atoms with Crippen LogP contribution in [0.4, 0.5) is 0 Å². The Labute approximate surface area is 119 Å². The van der Waals surface area contributed by atoms with Crippen LogP contribution < -0.4 is 0 Å². The van der Waals surface area contributed by atoms with Crippen molar-refractivity contribution < 1.29 is 9.53 Å².